The van der Waals surface area contributed by atoms with E-state index in [2.05, 4.69) is 15.5 Å². The largest absolute Gasteiger partial charge is 0.480 e. The monoisotopic (exact) mass is 465 g/mol. The second kappa shape index (κ2) is 11.2. The van der Waals surface area contributed by atoms with Crippen LogP contribution in [-0.2, 0) is 14.3 Å². The van der Waals surface area contributed by atoms with Crippen molar-refractivity contribution in [1.82, 2.24) is 15.5 Å². The lowest BCUT2D eigenvalue weighted by molar-refractivity contribution is -0.139. The number of nitrogens with one attached hydrogen (secondary N) is 2. The third kappa shape index (κ3) is 5.75. The summed E-state index contributed by atoms with van der Waals surface area (Å²) >= 11 is 0. The number of carboxylic acids is 1. The predicted octanol–water partition coefficient (Wildman–Crippen LogP) is 2.97. The van der Waals surface area contributed by atoms with Gasteiger partial charge >= 0.3 is 12.1 Å². The summed E-state index contributed by atoms with van der Waals surface area (Å²) in [5.41, 5.74) is 4.39. The maximum atomic E-state index is 12.4. The van der Waals surface area contributed by atoms with E-state index in [9.17, 15) is 19.5 Å². The summed E-state index contributed by atoms with van der Waals surface area (Å²) in [6.07, 6.45) is 1.59. The molecule has 1 unspecified atom stereocenters. The summed E-state index contributed by atoms with van der Waals surface area (Å²) in [7, 11) is 0. The van der Waals surface area contributed by atoms with Gasteiger partial charge in [-0.2, -0.15) is 0 Å². The van der Waals surface area contributed by atoms with Crippen molar-refractivity contribution in [2.24, 2.45) is 0 Å². The van der Waals surface area contributed by atoms with E-state index < -0.39 is 18.1 Å². The standard InChI is InChI=1S/C26H31N3O5/c30-24(27-13-16-29-14-5-6-15-29)12-11-23(25(31)32)28-26(33)34-17-22-20-9-3-1-7-18(20)19-8-2-4-10-21(19)22/h1-4,7-10,22-23H,5-6,11-17H2,(H,27,30)(H,28,33)(H,31,32). The van der Waals surface area contributed by atoms with Crippen LogP contribution in [0.15, 0.2) is 48.5 Å². The van der Waals surface area contributed by atoms with E-state index in [1.165, 1.54) is 12.8 Å². The van der Waals surface area contributed by atoms with Crippen LogP contribution in [0.1, 0.15) is 42.7 Å². The van der Waals surface area contributed by atoms with Crippen LogP contribution in [-0.4, -0.2) is 66.8 Å². The number of rotatable bonds is 10. The molecule has 180 valence electrons. The number of hydrogen-bond acceptors (Lipinski definition) is 5. The number of aliphatic carboxylic acids is 1. The van der Waals surface area contributed by atoms with Crippen LogP contribution in [0, 0.1) is 0 Å². The van der Waals surface area contributed by atoms with Crippen molar-refractivity contribution >= 4 is 18.0 Å². The number of nitrogens with zero attached hydrogens (tertiary/aromatic N) is 1. The molecule has 0 aromatic heterocycles. The van der Waals surface area contributed by atoms with Crippen LogP contribution in [0.25, 0.3) is 11.1 Å². The average molecular weight is 466 g/mol. The van der Waals surface area contributed by atoms with Crippen molar-refractivity contribution in [2.75, 3.05) is 32.8 Å². The molecule has 34 heavy (non-hydrogen) atoms. The van der Waals surface area contributed by atoms with Crippen molar-refractivity contribution in [1.29, 1.82) is 0 Å². The molecular formula is C26H31N3O5. The molecular weight excluding hydrogens is 434 g/mol. The number of carbonyl (C=O) groups is 3. The minimum absolute atomic E-state index is 0.00488. The Kier molecular flexibility index (Phi) is 7.80. The maximum Gasteiger partial charge on any atom is 0.407 e. The normalized spacial score (nSPS) is 15.9. The fourth-order valence-electron chi connectivity index (χ4n) is 4.76. The first kappa shape index (κ1) is 23.8. The average Bonchev–Trinajstić information content (AvgIpc) is 3.46. The number of ether oxygens (including phenoxy) is 1. The van der Waals surface area contributed by atoms with Gasteiger partial charge in [-0.05, 0) is 54.6 Å². The number of carbonyl (C=O) groups excluding carboxylic acids is 2. The minimum atomic E-state index is -1.20. The van der Waals surface area contributed by atoms with Crippen LogP contribution in [0.5, 0.6) is 0 Å². The summed E-state index contributed by atoms with van der Waals surface area (Å²) in [6, 6.07) is 14.8. The molecule has 1 heterocycles. The molecule has 0 radical (unpaired) electrons. The van der Waals surface area contributed by atoms with Gasteiger partial charge in [0.15, 0.2) is 0 Å². The molecule has 4 rings (SSSR count). The molecule has 0 spiro atoms. The van der Waals surface area contributed by atoms with E-state index in [1.54, 1.807) is 0 Å². The third-order valence-corrected chi connectivity index (χ3v) is 6.54. The van der Waals surface area contributed by atoms with Crippen molar-refractivity contribution in [2.45, 2.75) is 37.6 Å². The zero-order valence-electron chi connectivity index (χ0n) is 19.2. The fraction of sp³-hybridized carbons (Fsp3) is 0.423. The molecule has 8 heteroatoms. The Balaban J connectivity index is 1.25. The molecule has 1 aliphatic heterocycles. The molecule has 2 aromatic rings. The number of fused-ring (bicyclic) bond motifs is 3. The maximum absolute atomic E-state index is 12.4. The van der Waals surface area contributed by atoms with E-state index in [-0.39, 0.29) is 31.3 Å². The SMILES string of the molecule is O=C(CCC(NC(=O)OCC1c2ccccc2-c2ccccc21)C(=O)O)NCCN1CCCC1. The summed E-state index contributed by atoms with van der Waals surface area (Å²) in [5, 5.41) is 14.7. The van der Waals surface area contributed by atoms with Gasteiger partial charge in [0.05, 0.1) is 0 Å². The quantitative estimate of drug-likeness (QED) is 0.498. The third-order valence-electron chi connectivity index (χ3n) is 6.54. The Morgan fingerprint density at radius 2 is 1.62 bits per heavy atom. The summed E-state index contributed by atoms with van der Waals surface area (Å²) in [4.78, 5) is 38.4. The first-order chi connectivity index (χ1) is 16.5. The van der Waals surface area contributed by atoms with Gasteiger partial charge in [-0.3, -0.25) is 4.79 Å². The molecule has 0 bridgehead atoms. The van der Waals surface area contributed by atoms with E-state index in [0.717, 1.165) is 41.9 Å². The van der Waals surface area contributed by atoms with Crippen molar-refractivity contribution in [3.8, 4) is 11.1 Å². The highest BCUT2D eigenvalue weighted by atomic mass is 16.5. The summed E-state index contributed by atoms with van der Waals surface area (Å²) in [6.45, 7) is 3.55. The summed E-state index contributed by atoms with van der Waals surface area (Å²) < 4.78 is 5.43. The first-order valence-electron chi connectivity index (χ1n) is 11.9. The zero-order valence-corrected chi connectivity index (χ0v) is 19.2. The lowest BCUT2D eigenvalue weighted by Crippen LogP contribution is -2.42. The highest BCUT2D eigenvalue weighted by Crippen LogP contribution is 2.44. The van der Waals surface area contributed by atoms with Gasteiger partial charge in [-0.25, -0.2) is 9.59 Å². The molecule has 8 nitrogen and oxygen atoms in total. The second-order valence-corrected chi connectivity index (χ2v) is 8.80. The van der Waals surface area contributed by atoms with Crippen molar-refractivity contribution in [3.05, 3.63) is 59.7 Å². The second-order valence-electron chi connectivity index (χ2n) is 8.80. The smallest absolute Gasteiger partial charge is 0.407 e. The van der Waals surface area contributed by atoms with E-state index >= 15 is 0 Å². The van der Waals surface area contributed by atoms with Crippen LogP contribution >= 0.6 is 0 Å². The minimum Gasteiger partial charge on any atom is -0.480 e. The van der Waals surface area contributed by atoms with E-state index in [1.807, 2.05) is 48.5 Å². The number of amides is 2. The Bertz CT molecular complexity index is 989. The lowest BCUT2D eigenvalue weighted by atomic mass is 9.98. The van der Waals surface area contributed by atoms with Crippen LogP contribution in [0.3, 0.4) is 0 Å². The lowest BCUT2D eigenvalue weighted by Gasteiger charge is -2.18. The number of carboxylic acid groups (broad SMARTS) is 1. The number of benzene rings is 2. The van der Waals surface area contributed by atoms with Gasteiger partial charge in [0, 0.05) is 25.4 Å². The Morgan fingerprint density at radius 1 is 1.00 bits per heavy atom. The molecule has 2 aliphatic rings. The number of alkyl carbamates (subject to hydrolysis) is 1. The van der Waals surface area contributed by atoms with Crippen molar-refractivity contribution in [3.63, 3.8) is 0 Å². The van der Waals surface area contributed by atoms with Gasteiger partial charge in [-0.15, -0.1) is 0 Å². The Hall–Kier alpha value is -3.39. The topological polar surface area (TPSA) is 108 Å². The van der Waals surface area contributed by atoms with Gasteiger partial charge in [0.1, 0.15) is 12.6 Å². The van der Waals surface area contributed by atoms with E-state index in [4.69, 9.17) is 4.74 Å². The predicted molar refractivity (Wildman–Crippen MR) is 128 cm³/mol. The highest BCUT2D eigenvalue weighted by Gasteiger charge is 2.29. The molecule has 3 N–H and O–H groups in total. The van der Waals surface area contributed by atoms with Crippen LogP contribution in [0.2, 0.25) is 0 Å². The van der Waals surface area contributed by atoms with Gasteiger partial charge in [0.2, 0.25) is 5.91 Å². The molecule has 1 fully saturated rings. The summed E-state index contributed by atoms with van der Waals surface area (Å²) in [5.74, 6) is -1.53. The van der Waals surface area contributed by atoms with Crippen LogP contribution < -0.4 is 10.6 Å². The first-order valence-corrected chi connectivity index (χ1v) is 11.9. The van der Waals surface area contributed by atoms with Crippen LogP contribution in [0.4, 0.5) is 4.79 Å². The highest BCUT2D eigenvalue weighted by molar-refractivity contribution is 5.82. The van der Waals surface area contributed by atoms with Gasteiger partial charge in [-0.1, -0.05) is 48.5 Å². The molecule has 2 amide bonds. The van der Waals surface area contributed by atoms with Crippen molar-refractivity contribution < 1.29 is 24.2 Å². The number of hydrogen-bond donors (Lipinski definition) is 3. The zero-order chi connectivity index (χ0) is 23.9. The molecule has 1 atom stereocenters. The molecule has 1 aliphatic carbocycles. The Labute approximate surface area is 199 Å². The fourth-order valence-corrected chi connectivity index (χ4v) is 4.76. The molecule has 2 aromatic carbocycles. The molecule has 0 saturated carbocycles. The van der Waals surface area contributed by atoms with E-state index in [0.29, 0.717) is 6.54 Å². The Morgan fingerprint density at radius 3 is 2.24 bits per heavy atom. The molecule has 1 saturated heterocycles. The number of likely N-dealkylation sites (tertiary alicyclic amines) is 1. The van der Waals surface area contributed by atoms with Gasteiger partial charge < -0.3 is 25.4 Å². The van der Waals surface area contributed by atoms with Gasteiger partial charge in [0.25, 0.3) is 0 Å².